The number of anilines is 1. The fraction of sp³-hybridized carbons (Fsp3) is 0.538. The van der Waals surface area contributed by atoms with E-state index in [1.54, 1.807) is 13.2 Å². The van der Waals surface area contributed by atoms with E-state index in [2.05, 4.69) is 25.5 Å². The summed E-state index contributed by atoms with van der Waals surface area (Å²) in [4.78, 5) is 10.6. The molecular weight excluding hydrogens is 405 g/mol. The van der Waals surface area contributed by atoms with Crippen molar-refractivity contribution < 1.29 is 5.11 Å². The van der Waals surface area contributed by atoms with Crippen LogP contribution in [0.4, 0.5) is 5.82 Å². The van der Waals surface area contributed by atoms with E-state index in [1.807, 2.05) is 12.1 Å². The summed E-state index contributed by atoms with van der Waals surface area (Å²) in [5.41, 5.74) is 0. The lowest BCUT2D eigenvalue weighted by Crippen LogP contribution is -2.45. The number of guanidine groups is 1. The molecule has 0 aromatic carbocycles. The smallest absolute Gasteiger partial charge is 0.191 e. The summed E-state index contributed by atoms with van der Waals surface area (Å²) >= 11 is 6.17. The molecule has 0 aliphatic carbocycles. The van der Waals surface area contributed by atoms with Crippen LogP contribution in [0.5, 0.6) is 0 Å². The normalized spacial score (nSPS) is 18.3. The van der Waals surface area contributed by atoms with E-state index in [4.69, 9.17) is 16.7 Å². The predicted molar refractivity (Wildman–Crippen MR) is 96.9 cm³/mol. The Bertz CT molecular complexity index is 474. The van der Waals surface area contributed by atoms with E-state index in [0.717, 1.165) is 25.3 Å². The molecule has 1 saturated heterocycles. The van der Waals surface area contributed by atoms with Crippen LogP contribution in [0.25, 0.3) is 0 Å². The molecule has 1 fully saturated rings. The first-order valence-electron chi connectivity index (χ1n) is 6.68. The van der Waals surface area contributed by atoms with Crippen LogP contribution in [0, 0.1) is 0 Å². The van der Waals surface area contributed by atoms with E-state index in [-0.39, 0.29) is 36.6 Å². The highest BCUT2D eigenvalue weighted by atomic mass is 127. The lowest BCUT2D eigenvalue weighted by molar-refractivity contribution is 0.300. The highest BCUT2D eigenvalue weighted by Crippen LogP contribution is 2.25. The van der Waals surface area contributed by atoms with E-state index < -0.39 is 0 Å². The van der Waals surface area contributed by atoms with Gasteiger partial charge in [-0.2, -0.15) is 0 Å². The third-order valence-corrected chi connectivity index (χ3v) is 3.49. The quantitative estimate of drug-likeness (QED) is 0.383. The molecule has 0 saturated carbocycles. The van der Waals surface area contributed by atoms with E-state index >= 15 is 0 Å². The minimum atomic E-state index is 0. The highest BCUT2D eigenvalue weighted by molar-refractivity contribution is 14.0. The maximum atomic E-state index is 8.82. The van der Waals surface area contributed by atoms with Crippen LogP contribution in [-0.2, 0) is 0 Å². The average molecular weight is 426 g/mol. The number of aliphatic hydroxyl groups is 1. The van der Waals surface area contributed by atoms with Crippen LogP contribution in [-0.4, -0.2) is 55.4 Å². The van der Waals surface area contributed by atoms with Gasteiger partial charge in [0.25, 0.3) is 0 Å². The summed E-state index contributed by atoms with van der Waals surface area (Å²) in [7, 11) is 1.72. The van der Waals surface area contributed by atoms with Crippen molar-refractivity contribution in [3.63, 3.8) is 0 Å². The molecule has 1 aromatic rings. The summed E-state index contributed by atoms with van der Waals surface area (Å²) < 4.78 is 0. The molecule has 1 aliphatic heterocycles. The minimum Gasteiger partial charge on any atom is -0.395 e. The lowest BCUT2D eigenvalue weighted by Gasteiger charge is -2.20. The molecule has 1 aromatic heterocycles. The number of nitrogens with one attached hydrogen (secondary N) is 2. The van der Waals surface area contributed by atoms with Crippen molar-refractivity contribution in [2.24, 2.45) is 4.99 Å². The number of aromatic nitrogens is 1. The van der Waals surface area contributed by atoms with Gasteiger partial charge in [-0.25, -0.2) is 4.98 Å². The van der Waals surface area contributed by atoms with Crippen LogP contribution in [0.2, 0.25) is 5.02 Å². The summed E-state index contributed by atoms with van der Waals surface area (Å²) in [6.45, 7) is 2.31. The first-order chi connectivity index (χ1) is 9.74. The van der Waals surface area contributed by atoms with Gasteiger partial charge in [0, 0.05) is 38.9 Å². The molecule has 2 rings (SSSR count). The van der Waals surface area contributed by atoms with Crippen molar-refractivity contribution in [1.82, 2.24) is 15.6 Å². The number of pyridine rings is 1. The van der Waals surface area contributed by atoms with Gasteiger partial charge in [-0.05, 0) is 18.6 Å². The van der Waals surface area contributed by atoms with Crippen molar-refractivity contribution in [1.29, 1.82) is 0 Å². The molecule has 0 bridgehead atoms. The molecule has 118 valence electrons. The largest absolute Gasteiger partial charge is 0.395 e. The zero-order valence-corrected chi connectivity index (χ0v) is 15.0. The number of nitrogens with zero attached hydrogens (tertiary/aromatic N) is 3. The zero-order valence-electron chi connectivity index (χ0n) is 11.9. The maximum absolute atomic E-state index is 8.82. The standard InChI is InChI=1S/C13H20ClN5O.HI/c1-15-13(17-6-8-20)18-10-4-7-19(9-10)12-11(14)3-2-5-16-12;/h2-3,5,10,20H,4,6-9H2,1H3,(H2,15,17,18);1H. The van der Waals surface area contributed by atoms with Crippen molar-refractivity contribution in [3.8, 4) is 0 Å². The maximum Gasteiger partial charge on any atom is 0.191 e. The van der Waals surface area contributed by atoms with Gasteiger partial charge < -0.3 is 20.6 Å². The SMILES string of the molecule is CN=C(NCCO)NC1CCN(c2ncccc2Cl)C1.I. The molecule has 0 spiro atoms. The summed E-state index contributed by atoms with van der Waals surface area (Å²) in [6, 6.07) is 3.97. The number of hydrogen-bond acceptors (Lipinski definition) is 4. The Kier molecular flexibility index (Phi) is 8.05. The van der Waals surface area contributed by atoms with Gasteiger partial charge in [-0.3, -0.25) is 4.99 Å². The summed E-state index contributed by atoms with van der Waals surface area (Å²) in [5.74, 6) is 1.54. The van der Waals surface area contributed by atoms with Crippen LogP contribution in [0.15, 0.2) is 23.3 Å². The monoisotopic (exact) mass is 425 g/mol. The predicted octanol–water partition coefficient (Wildman–Crippen LogP) is 1.09. The Hall–Kier alpha value is -0.800. The second-order valence-corrected chi connectivity index (χ2v) is 5.01. The Morgan fingerprint density at radius 2 is 2.43 bits per heavy atom. The van der Waals surface area contributed by atoms with Gasteiger partial charge >= 0.3 is 0 Å². The molecule has 8 heteroatoms. The van der Waals surface area contributed by atoms with Crippen LogP contribution in [0.3, 0.4) is 0 Å². The highest BCUT2D eigenvalue weighted by Gasteiger charge is 2.25. The van der Waals surface area contributed by atoms with Crippen molar-refractivity contribution in [2.45, 2.75) is 12.5 Å². The van der Waals surface area contributed by atoms with Gasteiger partial charge in [0.1, 0.15) is 5.82 Å². The fourth-order valence-corrected chi connectivity index (χ4v) is 2.48. The molecule has 0 radical (unpaired) electrons. The average Bonchev–Trinajstić information content (AvgIpc) is 2.92. The Morgan fingerprint density at radius 1 is 1.62 bits per heavy atom. The van der Waals surface area contributed by atoms with Gasteiger partial charge in [-0.1, -0.05) is 11.6 Å². The molecule has 1 atom stereocenters. The second kappa shape index (κ2) is 9.26. The summed E-state index contributed by atoms with van der Waals surface area (Å²) in [5, 5.41) is 15.9. The molecule has 3 N–H and O–H groups in total. The van der Waals surface area contributed by atoms with Crippen LogP contribution < -0.4 is 15.5 Å². The van der Waals surface area contributed by atoms with Gasteiger partial charge in [0.2, 0.25) is 0 Å². The molecule has 1 unspecified atom stereocenters. The fourth-order valence-electron chi connectivity index (χ4n) is 2.24. The zero-order chi connectivity index (χ0) is 14.4. The van der Waals surface area contributed by atoms with Crippen molar-refractivity contribution in [3.05, 3.63) is 23.4 Å². The number of aliphatic hydroxyl groups excluding tert-OH is 1. The van der Waals surface area contributed by atoms with Gasteiger partial charge in [-0.15, -0.1) is 24.0 Å². The second-order valence-electron chi connectivity index (χ2n) is 4.61. The molecule has 1 aliphatic rings. The minimum absolute atomic E-state index is 0. The Morgan fingerprint density at radius 3 is 3.10 bits per heavy atom. The first kappa shape index (κ1) is 18.2. The van der Waals surface area contributed by atoms with Crippen LogP contribution >= 0.6 is 35.6 Å². The third-order valence-electron chi connectivity index (χ3n) is 3.20. The van der Waals surface area contributed by atoms with E-state index in [9.17, 15) is 0 Å². The molecule has 6 nitrogen and oxygen atoms in total. The number of rotatable bonds is 4. The summed E-state index contributed by atoms with van der Waals surface area (Å²) in [6.07, 6.45) is 2.75. The van der Waals surface area contributed by atoms with Gasteiger partial charge in [0.15, 0.2) is 5.96 Å². The number of aliphatic imine (C=N–C) groups is 1. The Balaban J connectivity index is 0.00000220. The molecule has 21 heavy (non-hydrogen) atoms. The van der Waals surface area contributed by atoms with Crippen LogP contribution in [0.1, 0.15) is 6.42 Å². The molecule has 0 amide bonds. The molecule has 2 heterocycles. The first-order valence-corrected chi connectivity index (χ1v) is 7.06. The van der Waals surface area contributed by atoms with Crippen molar-refractivity contribution >= 4 is 47.4 Å². The molecular formula is C13H21ClIN5O. The number of hydrogen-bond donors (Lipinski definition) is 3. The third kappa shape index (κ3) is 5.15. The topological polar surface area (TPSA) is 72.8 Å². The lowest BCUT2D eigenvalue weighted by atomic mass is 10.3. The van der Waals surface area contributed by atoms with E-state index in [1.165, 1.54) is 0 Å². The van der Waals surface area contributed by atoms with E-state index in [0.29, 0.717) is 17.5 Å². The number of halogens is 2. The van der Waals surface area contributed by atoms with Crippen molar-refractivity contribution in [2.75, 3.05) is 38.2 Å². The van der Waals surface area contributed by atoms with Gasteiger partial charge in [0.05, 0.1) is 11.6 Å². The Labute approximate surface area is 147 Å².